The van der Waals surface area contributed by atoms with Crippen LogP contribution in [0.15, 0.2) is 30.3 Å². The predicted molar refractivity (Wildman–Crippen MR) is 62.6 cm³/mol. The molecule has 1 aromatic carbocycles. The van der Waals surface area contributed by atoms with Crippen molar-refractivity contribution in [3.8, 4) is 10.4 Å². The normalized spacial score (nSPS) is 13.1. The molecule has 1 aliphatic rings. The molecule has 0 spiro atoms. The van der Waals surface area contributed by atoms with Gasteiger partial charge in [0.15, 0.2) is 6.29 Å². The Hall–Kier alpha value is -1.41. The van der Waals surface area contributed by atoms with Crippen molar-refractivity contribution in [2.45, 2.75) is 12.8 Å². The molecule has 0 saturated heterocycles. The molecular formula is C13H10OS. The lowest BCUT2D eigenvalue weighted by molar-refractivity contribution is 0.112. The van der Waals surface area contributed by atoms with E-state index in [1.54, 1.807) is 11.3 Å². The number of rotatable bonds is 1. The van der Waals surface area contributed by atoms with Crippen LogP contribution in [-0.4, -0.2) is 6.29 Å². The van der Waals surface area contributed by atoms with Crippen LogP contribution in [0, 0.1) is 0 Å². The summed E-state index contributed by atoms with van der Waals surface area (Å²) in [6.45, 7) is 0. The van der Waals surface area contributed by atoms with Crippen LogP contribution in [0.5, 0.6) is 0 Å². The molecule has 0 amide bonds. The molecule has 2 aromatic rings. The van der Waals surface area contributed by atoms with Crippen LogP contribution in [0.2, 0.25) is 0 Å². The summed E-state index contributed by atoms with van der Waals surface area (Å²) in [6.07, 6.45) is 3.11. The van der Waals surface area contributed by atoms with Gasteiger partial charge >= 0.3 is 0 Å². The molecule has 0 fully saturated rings. The Balaban J connectivity index is 2.24. The maximum absolute atomic E-state index is 10.7. The Morgan fingerprint density at radius 3 is 2.80 bits per heavy atom. The first-order valence-electron chi connectivity index (χ1n) is 5.04. The van der Waals surface area contributed by atoms with Gasteiger partial charge in [0.1, 0.15) is 0 Å². The first kappa shape index (κ1) is 8.86. The fraction of sp³-hybridized carbons (Fsp3) is 0.154. The topological polar surface area (TPSA) is 17.1 Å². The van der Waals surface area contributed by atoms with Crippen LogP contribution in [-0.2, 0) is 12.8 Å². The van der Waals surface area contributed by atoms with Crippen molar-refractivity contribution in [1.29, 1.82) is 0 Å². The van der Waals surface area contributed by atoms with Crippen molar-refractivity contribution >= 4 is 17.6 Å². The highest BCUT2D eigenvalue weighted by Gasteiger charge is 2.18. The van der Waals surface area contributed by atoms with E-state index in [2.05, 4.69) is 24.3 Å². The molecule has 1 nitrogen and oxygen atoms in total. The molecule has 0 unspecified atom stereocenters. The number of hydrogen-bond acceptors (Lipinski definition) is 2. The molecule has 1 aliphatic carbocycles. The van der Waals surface area contributed by atoms with Gasteiger partial charge in [0.2, 0.25) is 0 Å². The van der Waals surface area contributed by atoms with Crippen LogP contribution in [0.25, 0.3) is 10.4 Å². The monoisotopic (exact) mass is 214 g/mol. The van der Waals surface area contributed by atoms with Gasteiger partial charge in [0.05, 0.1) is 4.88 Å². The summed E-state index contributed by atoms with van der Waals surface area (Å²) in [5, 5.41) is 0. The van der Waals surface area contributed by atoms with E-state index >= 15 is 0 Å². The lowest BCUT2D eigenvalue weighted by Gasteiger charge is -2.15. The number of carbonyl (C=O) groups is 1. The van der Waals surface area contributed by atoms with E-state index in [0.717, 1.165) is 24.0 Å². The Morgan fingerprint density at radius 2 is 1.93 bits per heavy atom. The first-order valence-corrected chi connectivity index (χ1v) is 5.86. The molecule has 15 heavy (non-hydrogen) atoms. The second kappa shape index (κ2) is 3.31. The van der Waals surface area contributed by atoms with Crippen molar-refractivity contribution in [2.75, 3.05) is 0 Å². The fourth-order valence-corrected chi connectivity index (χ4v) is 3.24. The zero-order chi connectivity index (χ0) is 10.3. The first-order chi connectivity index (χ1) is 7.38. The molecule has 0 bridgehead atoms. The van der Waals surface area contributed by atoms with E-state index < -0.39 is 0 Å². The van der Waals surface area contributed by atoms with E-state index in [-0.39, 0.29) is 0 Å². The maximum Gasteiger partial charge on any atom is 0.160 e. The summed E-state index contributed by atoms with van der Waals surface area (Å²) in [5.41, 5.74) is 4.06. The van der Waals surface area contributed by atoms with Crippen LogP contribution in [0.3, 0.4) is 0 Å². The number of aldehydes is 1. The quantitative estimate of drug-likeness (QED) is 0.665. The van der Waals surface area contributed by atoms with Gasteiger partial charge in [-0.25, -0.2) is 0 Å². The van der Waals surface area contributed by atoms with Gasteiger partial charge in [-0.2, -0.15) is 0 Å². The van der Waals surface area contributed by atoms with E-state index in [4.69, 9.17) is 0 Å². The average Bonchev–Trinajstić information content (AvgIpc) is 2.72. The Bertz CT molecular complexity index is 525. The predicted octanol–water partition coefficient (Wildman–Crippen LogP) is 3.33. The third-order valence-electron chi connectivity index (χ3n) is 2.87. The summed E-state index contributed by atoms with van der Waals surface area (Å²) < 4.78 is 0. The van der Waals surface area contributed by atoms with Crippen molar-refractivity contribution < 1.29 is 4.79 Å². The average molecular weight is 214 g/mol. The van der Waals surface area contributed by atoms with Crippen molar-refractivity contribution in [3.63, 3.8) is 0 Å². The number of thiophene rings is 1. The third-order valence-corrected chi connectivity index (χ3v) is 4.01. The van der Waals surface area contributed by atoms with Crippen LogP contribution in [0.4, 0.5) is 0 Å². The van der Waals surface area contributed by atoms with E-state index in [0.29, 0.717) is 0 Å². The summed E-state index contributed by atoms with van der Waals surface area (Å²) in [5.74, 6) is 0. The molecule has 2 heteroatoms. The SMILES string of the molecule is O=Cc1cc2c(s1)-c1ccccc1CC2. The van der Waals surface area contributed by atoms with Gasteiger partial charge < -0.3 is 0 Å². The molecule has 0 N–H and O–H groups in total. The van der Waals surface area contributed by atoms with Gasteiger partial charge in [0.25, 0.3) is 0 Å². The molecule has 74 valence electrons. The van der Waals surface area contributed by atoms with E-state index in [9.17, 15) is 4.79 Å². The minimum Gasteiger partial charge on any atom is -0.297 e. The van der Waals surface area contributed by atoms with Crippen LogP contribution >= 0.6 is 11.3 Å². The van der Waals surface area contributed by atoms with Gasteiger partial charge in [-0.05, 0) is 35.6 Å². The summed E-state index contributed by atoms with van der Waals surface area (Å²) in [6, 6.07) is 10.5. The lowest BCUT2D eigenvalue weighted by atomic mass is 9.92. The lowest BCUT2D eigenvalue weighted by Crippen LogP contribution is -2.00. The van der Waals surface area contributed by atoms with Crippen LogP contribution < -0.4 is 0 Å². The highest BCUT2D eigenvalue weighted by atomic mass is 32.1. The minimum absolute atomic E-state index is 0.844. The van der Waals surface area contributed by atoms with E-state index in [1.165, 1.54) is 21.6 Å². The fourth-order valence-electron chi connectivity index (χ4n) is 2.15. The minimum atomic E-state index is 0.844. The van der Waals surface area contributed by atoms with Gasteiger partial charge in [0, 0.05) is 4.88 Å². The van der Waals surface area contributed by atoms with Gasteiger partial charge in [-0.3, -0.25) is 4.79 Å². The second-order valence-electron chi connectivity index (χ2n) is 3.78. The molecule has 3 rings (SSSR count). The summed E-state index contributed by atoms with van der Waals surface area (Å²) in [4.78, 5) is 12.9. The number of hydrogen-bond donors (Lipinski definition) is 0. The maximum atomic E-state index is 10.7. The molecule has 1 heterocycles. The molecule has 0 radical (unpaired) electrons. The standard InChI is InChI=1S/C13H10OS/c14-8-11-7-10-6-5-9-3-1-2-4-12(9)13(10)15-11/h1-4,7-8H,5-6H2. The van der Waals surface area contributed by atoms with Gasteiger partial charge in [-0.1, -0.05) is 24.3 Å². The number of aryl methyl sites for hydroxylation is 2. The largest absolute Gasteiger partial charge is 0.297 e. The summed E-state index contributed by atoms with van der Waals surface area (Å²) >= 11 is 1.61. The Morgan fingerprint density at radius 1 is 1.13 bits per heavy atom. The third kappa shape index (κ3) is 1.33. The number of carbonyl (C=O) groups excluding carboxylic acids is 1. The molecule has 0 saturated carbocycles. The Labute approximate surface area is 92.4 Å². The molecule has 0 aliphatic heterocycles. The number of benzene rings is 1. The highest BCUT2D eigenvalue weighted by Crippen LogP contribution is 2.38. The molecular weight excluding hydrogens is 204 g/mol. The van der Waals surface area contributed by atoms with E-state index in [1.807, 2.05) is 6.07 Å². The Kier molecular flexibility index (Phi) is 1.96. The smallest absolute Gasteiger partial charge is 0.160 e. The van der Waals surface area contributed by atoms with Crippen molar-refractivity contribution in [2.24, 2.45) is 0 Å². The van der Waals surface area contributed by atoms with Crippen molar-refractivity contribution in [1.82, 2.24) is 0 Å². The van der Waals surface area contributed by atoms with Crippen LogP contribution in [0.1, 0.15) is 20.8 Å². The van der Waals surface area contributed by atoms with Gasteiger partial charge in [-0.15, -0.1) is 11.3 Å². The summed E-state index contributed by atoms with van der Waals surface area (Å²) in [7, 11) is 0. The second-order valence-corrected chi connectivity index (χ2v) is 4.86. The molecule has 1 aromatic heterocycles. The zero-order valence-corrected chi connectivity index (χ0v) is 9.01. The number of fused-ring (bicyclic) bond motifs is 3. The highest BCUT2D eigenvalue weighted by molar-refractivity contribution is 7.17. The molecule has 0 atom stereocenters. The zero-order valence-electron chi connectivity index (χ0n) is 8.19. The van der Waals surface area contributed by atoms with Crippen molar-refractivity contribution in [3.05, 3.63) is 46.3 Å².